The third kappa shape index (κ3) is 3.21. The van der Waals surface area contributed by atoms with Gasteiger partial charge < -0.3 is 10.1 Å². The Balaban J connectivity index is 1.20. The predicted molar refractivity (Wildman–Crippen MR) is 99.5 cm³/mol. The smallest absolute Gasteiger partial charge is 0.223 e. The number of fused-ring (bicyclic) bond motifs is 2. The highest BCUT2D eigenvalue weighted by Gasteiger charge is 2.44. The normalized spacial score (nSPS) is 28.4. The number of rotatable bonds is 5. The maximum Gasteiger partial charge on any atom is 0.223 e. The zero-order valence-electron chi connectivity index (χ0n) is 14.9. The number of para-hydroxylation sites is 1. The standard InChI is InChI=1S/C21H25N3O2/c25-21(15-5-6-15)22-9-16-13-26-20-12-24(11-18(16)20)10-17-8-7-14-3-1-2-4-19(14)23-17/h1-4,7-8,15-16,18,20H,5-6,9-13H2,(H,22,25)/t16-,18-,20-/m1/s1. The Hall–Kier alpha value is -1.98. The number of aromatic nitrogens is 1. The van der Waals surface area contributed by atoms with Gasteiger partial charge >= 0.3 is 0 Å². The lowest BCUT2D eigenvalue weighted by Gasteiger charge is -2.20. The minimum atomic E-state index is 0.240. The minimum Gasteiger partial charge on any atom is -0.376 e. The minimum absolute atomic E-state index is 0.240. The molecule has 0 unspecified atom stereocenters. The molecule has 2 saturated heterocycles. The third-order valence-electron chi connectivity index (χ3n) is 6.04. The highest BCUT2D eigenvalue weighted by atomic mass is 16.5. The molecule has 5 rings (SSSR count). The number of pyridine rings is 1. The van der Waals surface area contributed by atoms with E-state index in [9.17, 15) is 4.79 Å². The van der Waals surface area contributed by atoms with E-state index in [1.165, 1.54) is 5.39 Å². The van der Waals surface area contributed by atoms with Crippen molar-refractivity contribution in [1.29, 1.82) is 0 Å². The SMILES string of the molecule is O=C(NC[C@@H]1CO[C@@H]2CN(Cc3ccc4ccccc4n3)C[C@H]12)C1CC1. The first-order chi connectivity index (χ1) is 12.8. The number of amides is 1. The summed E-state index contributed by atoms with van der Waals surface area (Å²) in [5.74, 6) is 1.49. The number of likely N-dealkylation sites (tertiary alicyclic amines) is 1. The number of carbonyl (C=O) groups is 1. The summed E-state index contributed by atoms with van der Waals surface area (Å²) >= 11 is 0. The molecule has 2 aliphatic heterocycles. The average molecular weight is 351 g/mol. The molecule has 3 heterocycles. The number of hydrogen-bond acceptors (Lipinski definition) is 4. The Morgan fingerprint density at radius 2 is 2.08 bits per heavy atom. The third-order valence-corrected chi connectivity index (χ3v) is 6.04. The largest absolute Gasteiger partial charge is 0.376 e. The molecule has 5 heteroatoms. The Morgan fingerprint density at radius 1 is 1.19 bits per heavy atom. The lowest BCUT2D eigenvalue weighted by Crippen LogP contribution is -2.34. The molecule has 2 aromatic rings. The maximum atomic E-state index is 11.9. The van der Waals surface area contributed by atoms with Gasteiger partial charge in [-0.3, -0.25) is 14.7 Å². The monoisotopic (exact) mass is 351 g/mol. The fourth-order valence-corrected chi connectivity index (χ4v) is 4.37. The molecule has 3 fully saturated rings. The van der Waals surface area contributed by atoms with Crippen molar-refractivity contribution >= 4 is 16.8 Å². The Morgan fingerprint density at radius 3 is 2.96 bits per heavy atom. The van der Waals surface area contributed by atoms with E-state index in [1.807, 2.05) is 12.1 Å². The summed E-state index contributed by atoms with van der Waals surface area (Å²) < 4.78 is 6.02. The van der Waals surface area contributed by atoms with E-state index in [-0.39, 0.29) is 11.8 Å². The van der Waals surface area contributed by atoms with Crippen LogP contribution in [0.5, 0.6) is 0 Å². The average Bonchev–Trinajstić information content (AvgIpc) is 3.34. The van der Waals surface area contributed by atoms with Gasteiger partial charge in [0.05, 0.1) is 23.9 Å². The Labute approximate surface area is 153 Å². The fraction of sp³-hybridized carbons (Fsp3) is 0.524. The van der Waals surface area contributed by atoms with Crippen LogP contribution in [-0.4, -0.2) is 48.1 Å². The first kappa shape index (κ1) is 16.2. The number of nitrogens with one attached hydrogen (secondary N) is 1. The van der Waals surface area contributed by atoms with Crippen molar-refractivity contribution in [2.45, 2.75) is 25.5 Å². The molecule has 5 nitrogen and oxygen atoms in total. The molecular weight excluding hydrogens is 326 g/mol. The van der Waals surface area contributed by atoms with Crippen molar-refractivity contribution in [2.75, 3.05) is 26.2 Å². The van der Waals surface area contributed by atoms with Gasteiger partial charge in [0, 0.05) is 49.3 Å². The summed E-state index contributed by atoms with van der Waals surface area (Å²) in [6.07, 6.45) is 2.43. The van der Waals surface area contributed by atoms with Gasteiger partial charge in [0.2, 0.25) is 5.91 Å². The van der Waals surface area contributed by atoms with Crippen LogP contribution in [0.15, 0.2) is 36.4 Å². The van der Waals surface area contributed by atoms with Crippen molar-refractivity contribution in [1.82, 2.24) is 15.2 Å². The summed E-state index contributed by atoms with van der Waals surface area (Å²) in [5, 5.41) is 4.32. The molecule has 26 heavy (non-hydrogen) atoms. The number of carbonyl (C=O) groups excluding carboxylic acids is 1. The summed E-state index contributed by atoms with van der Waals surface area (Å²) in [5.41, 5.74) is 2.17. The zero-order chi connectivity index (χ0) is 17.5. The molecule has 1 aliphatic carbocycles. The lowest BCUT2D eigenvalue weighted by molar-refractivity contribution is -0.122. The highest BCUT2D eigenvalue weighted by Crippen LogP contribution is 2.34. The van der Waals surface area contributed by atoms with Gasteiger partial charge in [0.1, 0.15) is 0 Å². The molecule has 0 bridgehead atoms. The molecule has 3 aliphatic rings. The van der Waals surface area contributed by atoms with Gasteiger partial charge in [-0.1, -0.05) is 24.3 Å². The number of ether oxygens (including phenoxy) is 1. The van der Waals surface area contributed by atoms with Gasteiger partial charge in [-0.15, -0.1) is 0 Å². The van der Waals surface area contributed by atoms with Crippen molar-refractivity contribution in [3.8, 4) is 0 Å². The molecule has 0 spiro atoms. The van der Waals surface area contributed by atoms with E-state index in [4.69, 9.17) is 9.72 Å². The zero-order valence-corrected chi connectivity index (χ0v) is 14.9. The topological polar surface area (TPSA) is 54.5 Å². The van der Waals surface area contributed by atoms with Crippen molar-refractivity contribution < 1.29 is 9.53 Å². The van der Waals surface area contributed by atoms with Crippen molar-refractivity contribution in [3.05, 3.63) is 42.1 Å². The van der Waals surface area contributed by atoms with E-state index in [0.717, 1.165) is 56.8 Å². The molecule has 0 radical (unpaired) electrons. The molecule has 1 saturated carbocycles. The molecule has 1 amide bonds. The fourth-order valence-electron chi connectivity index (χ4n) is 4.37. The Bertz CT molecular complexity index is 820. The van der Waals surface area contributed by atoms with Crippen LogP contribution in [0.25, 0.3) is 10.9 Å². The first-order valence-electron chi connectivity index (χ1n) is 9.72. The van der Waals surface area contributed by atoms with Crippen LogP contribution >= 0.6 is 0 Å². The van der Waals surface area contributed by atoms with E-state index in [2.05, 4.69) is 34.5 Å². The second-order valence-electron chi connectivity index (χ2n) is 8.00. The quantitative estimate of drug-likeness (QED) is 0.897. The first-order valence-corrected chi connectivity index (χ1v) is 9.72. The van der Waals surface area contributed by atoms with E-state index in [0.29, 0.717) is 17.9 Å². The summed E-state index contributed by atoms with van der Waals surface area (Å²) in [6.45, 7) is 4.40. The van der Waals surface area contributed by atoms with Crippen LogP contribution < -0.4 is 5.32 Å². The van der Waals surface area contributed by atoms with Crippen molar-refractivity contribution in [2.24, 2.45) is 17.8 Å². The van der Waals surface area contributed by atoms with Gasteiger partial charge in [0.15, 0.2) is 0 Å². The summed E-state index contributed by atoms with van der Waals surface area (Å²) in [4.78, 5) is 19.1. The molecule has 1 N–H and O–H groups in total. The number of nitrogens with zero attached hydrogens (tertiary/aromatic N) is 2. The number of hydrogen-bond donors (Lipinski definition) is 1. The summed E-state index contributed by atoms with van der Waals surface area (Å²) in [6, 6.07) is 12.5. The van der Waals surface area contributed by atoms with Crippen LogP contribution in [0.3, 0.4) is 0 Å². The lowest BCUT2D eigenvalue weighted by atomic mass is 9.93. The molecule has 1 aromatic carbocycles. The van der Waals surface area contributed by atoms with Crippen LogP contribution in [0.2, 0.25) is 0 Å². The van der Waals surface area contributed by atoms with Crippen LogP contribution in [0.1, 0.15) is 18.5 Å². The van der Waals surface area contributed by atoms with Gasteiger partial charge in [-0.05, 0) is 25.0 Å². The van der Waals surface area contributed by atoms with Crippen LogP contribution in [0, 0.1) is 17.8 Å². The van der Waals surface area contributed by atoms with E-state index < -0.39 is 0 Å². The molecule has 1 aromatic heterocycles. The summed E-state index contributed by atoms with van der Waals surface area (Å²) in [7, 11) is 0. The van der Waals surface area contributed by atoms with Gasteiger partial charge in [-0.2, -0.15) is 0 Å². The molecule has 3 atom stereocenters. The molecular formula is C21H25N3O2. The second kappa shape index (κ2) is 6.63. The van der Waals surface area contributed by atoms with Gasteiger partial charge in [0.25, 0.3) is 0 Å². The maximum absolute atomic E-state index is 11.9. The van der Waals surface area contributed by atoms with E-state index >= 15 is 0 Å². The number of benzene rings is 1. The highest BCUT2D eigenvalue weighted by molar-refractivity contribution is 5.80. The second-order valence-corrected chi connectivity index (χ2v) is 8.00. The molecule has 136 valence electrons. The van der Waals surface area contributed by atoms with Crippen LogP contribution in [-0.2, 0) is 16.1 Å². The van der Waals surface area contributed by atoms with Crippen LogP contribution in [0.4, 0.5) is 0 Å². The van der Waals surface area contributed by atoms with Gasteiger partial charge in [-0.25, -0.2) is 0 Å². The Kier molecular flexibility index (Phi) is 4.14. The van der Waals surface area contributed by atoms with Crippen molar-refractivity contribution in [3.63, 3.8) is 0 Å². The predicted octanol–water partition coefficient (Wildman–Crippen LogP) is 2.21. The van der Waals surface area contributed by atoms with E-state index in [1.54, 1.807) is 0 Å².